The molecule has 2 N–H and O–H groups in total. The minimum absolute atomic E-state index is 0.110. The normalized spacial score (nSPS) is 16.8. The molecule has 0 spiro atoms. The molecule has 1 fully saturated rings. The molecule has 2 rings (SSSR count). The Morgan fingerprint density at radius 1 is 1.20 bits per heavy atom. The average Bonchev–Trinajstić information content (AvgIpc) is 2.67. The van der Waals surface area contributed by atoms with Gasteiger partial charge in [0.1, 0.15) is 5.69 Å². The van der Waals surface area contributed by atoms with E-state index < -0.39 is 0 Å². The molecule has 20 heavy (non-hydrogen) atoms. The zero-order valence-corrected chi connectivity index (χ0v) is 12.5. The maximum Gasteiger partial charge on any atom is 0.270 e. The average molecular weight is 275 g/mol. The van der Waals surface area contributed by atoms with E-state index >= 15 is 0 Å². The highest BCUT2D eigenvalue weighted by Crippen LogP contribution is 2.20. The number of anilines is 1. The predicted octanol–water partition coefficient (Wildman–Crippen LogP) is 3.35. The first kappa shape index (κ1) is 14.8. The van der Waals surface area contributed by atoms with Crippen molar-refractivity contribution in [3.05, 3.63) is 24.0 Å². The van der Waals surface area contributed by atoms with E-state index in [2.05, 4.69) is 15.6 Å². The fraction of sp³-hybridized carbons (Fsp3) is 0.625. The van der Waals surface area contributed by atoms with Crippen LogP contribution in [0.15, 0.2) is 18.3 Å². The molecule has 4 heteroatoms. The van der Waals surface area contributed by atoms with Crippen molar-refractivity contribution >= 4 is 11.6 Å². The molecule has 1 aromatic heterocycles. The third-order valence-corrected chi connectivity index (χ3v) is 3.64. The van der Waals surface area contributed by atoms with Crippen molar-refractivity contribution in [2.45, 2.75) is 64.5 Å². The monoisotopic (exact) mass is 275 g/mol. The molecule has 1 heterocycles. The van der Waals surface area contributed by atoms with Gasteiger partial charge in [0, 0.05) is 12.1 Å². The highest BCUT2D eigenvalue weighted by molar-refractivity contribution is 5.92. The van der Waals surface area contributed by atoms with Crippen molar-refractivity contribution in [1.82, 2.24) is 10.3 Å². The molecular weight excluding hydrogens is 250 g/mol. The Morgan fingerprint density at radius 2 is 1.90 bits per heavy atom. The Labute approximate surface area is 121 Å². The zero-order chi connectivity index (χ0) is 14.4. The quantitative estimate of drug-likeness (QED) is 0.828. The van der Waals surface area contributed by atoms with Crippen molar-refractivity contribution in [2.24, 2.45) is 0 Å². The van der Waals surface area contributed by atoms with E-state index in [1.807, 2.05) is 19.9 Å². The van der Waals surface area contributed by atoms with Gasteiger partial charge in [-0.3, -0.25) is 4.79 Å². The molecule has 0 bridgehead atoms. The Hall–Kier alpha value is -1.58. The van der Waals surface area contributed by atoms with Crippen LogP contribution in [-0.4, -0.2) is 23.0 Å². The molecule has 0 radical (unpaired) electrons. The maximum absolute atomic E-state index is 11.8. The second-order valence-electron chi connectivity index (χ2n) is 5.89. The second-order valence-corrected chi connectivity index (χ2v) is 5.89. The molecule has 0 aliphatic heterocycles. The standard InChI is InChI=1S/C16H25N3O/c1-12(2)18-16(20)15-10-9-14(11-17-15)19-13-7-5-3-4-6-8-13/h9-13,19H,3-8H2,1-2H3,(H,18,20). The van der Waals surface area contributed by atoms with E-state index in [0.29, 0.717) is 11.7 Å². The van der Waals surface area contributed by atoms with Crippen LogP contribution in [0.3, 0.4) is 0 Å². The van der Waals surface area contributed by atoms with Gasteiger partial charge in [-0.05, 0) is 38.8 Å². The van der Waals surface area contributed by atoms with E-state index in [9.17, 15) is 4.79 Å². The van der Waals surface area contributed by atoms with Crippen molar-refractivity contribution in [3.8, 4) is 0 Å². The van der Waals surface area contributed by atoms with Gasteiger partial charge in [-0.2, -0.15) is 0 Å². The first-order valence-electron chi connectivity index (χ1n) is 7.68. The lowest BCUT2D eigenvalue weighted by molar-refractivity contribution is 0.0938. The number of carbonyl (C=O) groups excluding carboxylic acids is 1. The number of hydrogen-bond acceptors (Lipinski definition) is 3. The van der Waals surface area contributed by atoms with E-state index in [1.54, 1.807) is 12.3 Å². The third-order valence-electron chi connectivity index (χ3n) is 3.64. The van der Waals surface area contributed by atoms with Crippen LogP contribution in [0.4, 0.5) is 5.69 Å². The van der Waals surface area contributed by atoms with Crippen molar-refractivity contribution in [1.29, 1.82) is 0 Å². The first-order chi connectivity index (χ1) is 9.65. The summed E-state index contributed by atoms with van der Waals surface area (Å²) in [5, 5.41) is 6.38. The fourth-order valence-electron chi connectivity index (χ4n) is 2.61. The molecular formula is C16H25N3O. The van der Waals surface area contributed by atoms with E-state index in [0.717, 1.165) is 5.69 Å². The minimum atomic E-state index is -0.110. The summed E-state index contributed by atoms with van der Waals surface area (Å²) in [6.45, 7) is 3.89. The lowest BCUT2D eigenvalue weighted by atomic mass is 10.1. The number of carbonyl (C=O) groups is 1. The molecule has 110 valence electrons. The van der Waals surface area contributed by atoms with Gasteiger partial charge in [0.05, 0.1) is 11.9 Å². The number of hydrogen-bond donors (Lipinski definition) is 2. The van der Waals surface area contributed by atoms with Crippen molar-refractivity contribution < 1.29 is 4.79 Å². The molecule has 1 aliphatic rings. The summed E-state index contributed by atoms with van der Waals surface area (Å²) < 4.78 is 0. The molecule has 0 unspecified atom stereocenters. The van der Waals surface area contributed by atoms with Crippen LogP contribution < -0.4 is 10.6 Å². The van der Waals surface area contributed by atoms with Crippen LogP contribution in [0.2, 0.25) is 0 Å². The number of rotatable bonds is 4. The minimum Gasteiger partial charge on any atom is -0.381 e. The molecule has 1 saturated carbocycles. The Balaban J connectivity index is 1.92. The lowest BCUT2D eigenvalue weighted by Gasteiger charge is -2.17. The number of nitrogens with one attached hydrogen (secondary N) is 2. The summed E-state index contributed by atoms with van der Waals surface area (Å²) in [5.74, 6) is -0.110. The number of pyridine rings is 1. The molecule has 1 aliphatic carbocycles. The van der Waals surface area contributed by atoms with Gasteiger partial charge in [0.2, 0.25) is 0 Å². The predicted molar refractivity (Wildman–Crippen MR) is 82.0 cm³/mol. The van der Waals surface area contributed by atoms with Crippen molar-refractivity contribution in [2.75, 3.05) is 5.32 Å². The number of nitrogens with zero attached hydrogens (tertiary/aromatic N) is 1. The van der Waals surface area contributed by atoms with Gasteiger partial charge in [0.25, 0.3) is 5.91 Å². The van der Waals surface area contributed by atoms with Crippen LogP contribution in [0.5, 0.6) is 0 Å². The van der Waals surface area contributed by atoms with Gasteiger partial charge in [-0.1, -0.05) is 25.7 Å². The van der Waals surface area contributed by atoms with E-state index in [-0.39, 0.29) is 11.9 Å². The highest BCUT2D eigenvalue weighted by atomic mass is 16.1. The molecule has 0 saturated heterocycles. The number of amides is 1. The van der Waals surface area contributed by atoms with Crippen LogP contribution in [0.1, 0.15) is 62.9 Å². The first-order valence-corrected chi connectivity index (χ1v) is 7.68. The summed E-state index contributed by atoms with van der Waals surface area (Å²) in [6, 6.07) is 4.42. The lowest BCUT2D eigenvalue weighted by Crippen LogP contribution is -2.30. The summed E-state index contributed by atoms with van der Waals surface area (Å²) in [5.41, 5.74) is 1.49. The smallest absolute Gasteiger partial charge is 0.270 e. The van der Waals surface area contributed by atoms with Gasteiger partial charge in [-0.15, -0.1) is 0 Å². The van der Waals surface area contributed by atoms with Gasteiger partial charge in [-0.25, -0.2) is 4.98 Å². The largest absolute Gasteiger partial charge is 0.381 e. The van der Waals surface area contributed by atoms with Crippen LogP contribution in [0.25, 0.3) is 0 Å². The van der Waals surface area contributed by atoms with Crippen molar-refractivity contribution in [3.63, 3.8) is 0 Å². The topological polar surface area (TPSA) is 54.0 Å². The molecule has 1 amide bonds. The van der Waals surface area contributed by atoms with Crippen LogP contribution in [-0.2, 0) is 0 Å². The Morgan fingerprint density at radius 3 is 2.45 bits per heavy atom. The molecule has 0 aromatic carbocycles. The third kappa shape index (κ3) is 4.51. The van der Waals surface area contributed by atoms with Gasteiger partial charge >= 0.3 is 0 Å². The maximum atomic E-state index is 11.8. The van der Waals surface area contributed by atoms with E-state index in [4.69, 9.17) is 0 Å². The highest BCUT2D eigenvalue weighted by Gasteiger charge is 2.13. The SMILES string of the molecule is CC(C)NC(=O)c1ccc(NC2CCCCCC2)cn1. The number of aromatic nitrogens is 1. The molecule has 1 aromatic rings. The fourth-order valence-corrected chi connectivity index (χ4v) is 2.61. The second kappa shape index (κ2) is 7.27. The summed E-state index contributed by atoms with van der Waals surface area (Å²) in [4.78, 5) is 16.1. The Bertz CT molecular complexity index is 420. The molecule has 4 nitrogen and oxygen atoms in total. The van der Waals surface area contributed by atoms with E-state index in [1.165, 1.54) is 38.5 Å². The van der Waals surface area contributed by atoms with Crippen LogP contribution >= 0.6 is 0 Å². The van der Waals surface area contributed by atoms with Crippen LogP contribution in [0, 0.1) is 0 Å². The van der Waals surface area contributed by atoms with Gasteiger partial charge < -0.3 is 10.6 Å². The zero-order valence-electron chi connectivity index (χ0n) is 12.5. The summed E-state index contributed by atoms with van der Waals surface area (Å²) >= 11 is 0. The van der Waals surface area contributed by atoms with Gasteiger partial charge in [0.15, 0.2) is 0 Å². The Kier molecular flexibility index (Phi) is 5.39. The summed E-state index contributed by atoms with van der Waals surface area (Å²) in [6.07, 6.45) is 9.54. The summed E-state index contributed by atoms with van der Waals surface area (Å²) in [7, 11) is 0. The molecule has 0 atom stereocenters.